The summed E-state index contributed by atoms with van der Waals surface area (Å²) in [6.07, 6.45) is 3.47. The van der Waals surface area contributed by atoms with E-state index in [1.165, 1.54) is 4.90 Å². The van der Waals surface area contributed by atoms with Gasteiger partial charge in [0.1, 0.15) is 12.3 Å². The molecule has 0 fully saturated rings. The summed E-state index contributed by atoms with van der Waals surface area (Å²) in [5.41, 5.74) is 3.08. The number of benzene rings is 2. The van der Waals surface area contributed by atoms with Crippen LogP contribution < -0.4 is 10.1 Å². The maximum absolute atomic E-state index is 12.4. The number of methoxy groups -OCH3 is 1. The molecule has 0 spiro atoms. The molecule has 0 bridgehead atoms. The predicted octanol–water partition coefficient (Wildman–Crippen LogP) is 3.53. The lowest BCUT2D eigenvalue weighted by molar-refractivity contribution is -0.143. The Labute approximate surface area is 180 Å². The zero-order valence-electron chi connectivity index (χ0n) is 17.7. The number of nitrogens with one attached hydrogen (secondary N) is 1. The van der Waals surface area contributed by atoms with Crippen LogP contribution in [0.1, 0.15) is 17.3 Å². The molecule has 0 aliphatic heterocycles. The molecule has 3 rings (SSSR count). The van der Waals surface area contributed by atoms with Crippen molar-refractivity contribution in [3.63, 3.8) is 0 Å². The van der Waals surface area contributed by atoms with Crippen LogP contribution in [0.3, 0.4) is 0 Å². The van der Waals surface area contributed by atoms with Gasteiger partial charge in [-0.3, -0.25) is 9.59 Å². The fourth-order valence-corrected chi connectivity index (χ4v) is 2.84. The Morgan fingerprint density at radius 3 is 2.19 bits per heavy atom. The zero-order chi connectivity index (χ0) is 22.2. The highest BCUT2D eigenvalue weighted by atomic mass is 16.5. The third kappa shape index (κ3) is 5.79. The van der Waals surface area contributed by atoms with Gasteiger partial charge in [-0.25, -0.2) is 9.97 Å². The largest absolute Gasteiger partial charge is 0.497 e. The van der Waals surface area contributed by atoms with E-state index in [9.17, 15) is 9.59 Å². The highest BCUT2D eigenvalue weighted by Crippen LogP contribution is 2.22. The first-order chi connectivity index (χ1) is 15.0. The minimum absolute atomic E-state index is 0.0962. The van der Waals surface area contributed by atoms with Gasteiger partial charge < -0.3 is 19.7 Å². The van der Waals surface area contributed by atoms with Gasteiger partial charge in [-0.05, 0) is 48.9 Å². The fourth-order valence-electron chi connectivity index (χ4n) is 2.84. The topological polar surface area (TPSA) is 93.7 Å². The summed E-state index contributed by atoms with van der Waals surface area (Å²) in [7, 11) is 3.19. The smallest absolute Gasteiger partial charge is 0.325 e. The number of amides is 1. The number of hydrogen-bond acceptors (Lipinski definition) is 7. The molecule has 3 aromatic rings. The number of ether oxygens (including phenoxy) is 2. The number of carbonyl (C=O) groups excluding carboxylic acids is 2. The van der Waals surface area contributed by atoms with E-state index in [-0.39, 0.29) is 19.1 Å². The second-order valence-electron chi connectivity index (χ2n) is 6.69. The normalized spacial score (nSPS) is 10.3. The second-order valence-corrected chi connectivity index (χ2v) is 6.69. The summed E-state index contributed by atoms with van der Waals surface area (Å²) < 4.78 is 10.0. The highest BCUT2D eigenvalue weighted by Gasteiger charge is 2.15. The molecular formula is C23H24N4O4. The quantitative estimate of drug-likeness (QED) is 0.557. The van der Waals surface area contributed by atoms with Gasteiger partial charge >= 0.3 is 5.97 Å². The van der Waals surface area contributed by atoms with Crippen molar-refractivity contribution in [3.05, 3.63) is 66.5 Å². The molecular weight excluding hydrogens is 396 g/mol. The summed E-state index contributed by atoms with van der Waals surface area (Å²) in [6.45, 7) is 1.91. The van der Waals surface area contributed by atoms with Crippen LogP contribution in [0, 0.1) is 0 Å². The predicted molar refractivity (Wildman–Crippen MR) is 117 cm³/mol. The Balaban J connectivity index is 1.61. The number of rotatable bonds is 8. The standard InChI is InChI=1S/C23H24N4O4/c1-4-31-21(28)15-27(2)22(29)17-5-9-19(10-6-17)26-23-24-13-18(14-25-23)16-7-11-20(30-3)12-8-16/h5-14H,4,15H2,1-3H3,(H,24,25,26). The van der Waals surface area contributed by atoms with Crippen molar-refractivity contribution >= 4 is 23.5 Å². The summed E-state index contributed by atoms with van der Waals surface area (Å²) in [5.74, 6) is 0.527. The lowest BCUT2D eigenvalue weighted by atomic mass is 10.1. The van der Waals surface area contributed by atoms with Crippen LogP contribution in [0.5, 0.6) is 5.75 Å². The minimum atomic E-state index is -0.438. The molecule has 0 unspecified atom stereocenters. The van der Waals surface area contributed by atoms with Crippen molar-refractivity contribution in [2.24, 2.45) is 0 Å². The van der Waals surface area contributed by atoms with Crippen molar-refractivity contribution in [1.82, 2.24) is 14.9 Å². The van der Waals surface area contributed by atoms with E-state index >= 15 is 0 Å². The molecule has 0 saturated carbocycles. The van der Waals surface area contributed by atoms with Gasteiger partial charge in [-0.15, -0.1) is 0 Å². The number of esters is 1. The van der Waals surface area contributed by atoms with Crippen molar-refractivity contribution in [3.8, 4) is 16.9 Å². The Hall–Kier alpha value is -3.94. The molecule has 1 heterocycles. The highest BCUT2D eigenvalue weighted by molar-refractivity contribution is 5.96. The molecule has 8 heteroatoms. The molecule has 0 saturated heterocycles. The Morgan fingerprint density at radius 2 is 1.61 bits per heavy atom. The van der Waals surface area contributed by atoms with Crippen LogP contribution in [0.25, 0.3) is 11.1 Å². The van der Waals surface area contributed by atoms with Gasteiger partial charge in [-0.1, -0.05) is 12.1 Å². The molecule has 8 nitrogen and oxygen atoms in total. The number of carbonyl (C=O) groups is 2. The van der Waals surface area contributed by atoms with Crippen LogP contribution >= 0.6 is 0 Å². The Morgan fingerprint density at radius 1 is 0.968 bits per heavy atom. The molecule has 160 valence electrons. The van der Waals surface area contributed by atoms with Gasteiger partial charge in [0.15, 0.2) is 0 Å². The van der Waals surface area contributed by atoms with Crippen LogP contribution in [0.2, 0.25) is 0 Å². The second kappa shape index (κ2) is 10.2. The molecule has 0 aliphatic carbocycles. The van der Waals surface area contributed by atoms with Crippen molar-refractivity contribution < 1.29 is 19.1 Å². The van der Waals surface area contributed by atoms with Crippen molar-refractivity contribution in [1.29, 1.82) is 0 Å². The minimum Gasteiger partial charge on any atom is -0.497 e. The first-order valence-electron chi connectivity index (χ1n) is 9.74. The van der Waals surface area contributed by atoms with Crippen LogP contribution in [0.15, 0.2) is 60.9 Å². The molecule has 1 N–H and O–H groups in total. The number of anilines is 2. The van der Waals surface area contributed by atoms with Crippen LogP contribution in [-0.4, -0.2) is 54.1 Å². The van der Waals surface area contributed by atoms with Crippen molar-refractivity contribution in [2.75, 3.05) is 32.6 Å². The third-order valence-corrected chi connectivity index (χ3v) is 4.48. The summed E-state index contributed by atoms with van der Waals surface area (Å²) in [4.78, 5) is 34.0. The van der Waals surface area contributed by atoms with Gasteiger partial charge in [0, 0.05) is 36.3 Å². The average Bonchev–Trinajstić information content (AvgIpc) is 2.80. The molecule has 0 atom stereocenters. The molecule has 1 aromatic heterocycles. The third-order valence-electron chi connectivity index (χ3n) is 4.48. The first kappa shape index (κ1) is 21.8. The van der Waals surface area contributed by atoms with Gasteiger partial charge in [-0.2, -0.15) is 0 Å². The lowest BCUT2D eigenvalue weighted by Crippen LogP contribution is -2.33. The molecule has 31 heavy (non-hydrogen) atoms. The van der Waals surface area contributed by atoms with E-state index in [2.05, 4.69) is 15.3 Å². The van der Waals surface area contributed by atoms with Crippen LogP contribution in [0.4, 0.5) is 11.6 Å². The van der Waals surface area contributed by atoms with E-state index in [0.717, 1.165) is 22.6 Å². The fraction of sp³-hybridized carbons (Fsp3) is 0.217. The van der Waals surface area contributed by atoms with Crippen LogP contribution in [-0.2, 0) is 9.53 Å². The molecule has 2 aromatic carbocycles. The number of nitrogens with zero attached hydrogens (tertiary/aromatic N) is 3. The molecule has 1 amide bonds. The van der Waals surface area contributed by atoms with E-state index in [1.807, 2.05) is 24.3 Å². The average molecular weight is 420 g/mol. The Kier molecular flexibility index (Phi) is 7.16. The lowest BCUT2D eigenvalue weighted by Gasteiger charge is -2.16. The zero-order valence-corrected chi connectivity index (χ0v) is 17.7. The van der Waals surface area contributed by atoms with E-state index in [1.54, 1.807) is 57.7 Å². The van der Waals surface area contributed by atoms with E-state index < -0.39 is 5.97 Å². The summed E-state index contributed by atoms with van der Waals surface area (Å²) in [5, 5.41) is 3.10. The van der Waals surface area contributed by atoms with Gasteiger partial charge in [0.05, 0.1) is 13.7 Å². The maximum Gasteiger partial charge on any atom is 0.325 e. The van der Waals surface area contributed by atoms with Crippen molar-refractivity contribution in [2.45, 2.75) is 6.92 Å². The Bertz CT molecular complexity index is 1020. The number of likely N-dealkylation sites (N-methyl/N-ethyl adjacent to an activating group) is 1. The SMILES string of the molecule is CCOC(=O)CN(C)C(=O)c1ccc(Nc2ncc(-c3ccc(OC)cc3)cn2)cc1. The van der Waals surface area contributed by atoms with E-state index in [4.69, 9.17) is 9.47 Å². The molecule has 0 radical (unpaired) electrons. The summed E-state index contributed by atoms with van der Waals surface area (Å²) in [6, 6.07) is 14.5. The van der Waals surface area contributed by atoms with Gasteiger partial charge in [0.25, 0.3) is 5.91 Å². The molecule has 0 aliphatic rings. The number of hydrogen-bond donors (Lipinski definition) is 1. The number of aromatic nitrogens is 2. The maximum atomic E-state index is 12.4. The van der Waals surface area contributed by atoms with Gasteiger partial charge in [0.2, 0.25) is 5.95 Å². The van der Waals surface area contributed by atoms with E-state index in [0.29, 0.717) is 11.5 Å². The summed E-state index contributed by atoms with van der Waals surface area (Å²) >= 11 is 0. The monoisotopic (exact) mass is 420 g/mol. The first-order valence-corrected chi connectivity index (χ1v) is 9.74.